The first-order chi connectivity index (χ1) is 7.89. The standard InChI is InChI=1S/C13H14FNO2/c1-13(2,16)9-7-10(14)8(6-11(9)15)12-4-3-5-17-12/h3-7,16H,15H2,1-2H3. The lowest BCUT2D eigenvalue weighted by molar-refractivity contribution is 0.0791. The molecule has 3 N–H and O–H groups in total. The van der Waals surface area contributed by atoms with Gasteiger partial charge in [0, 0.05) is 11.3 Å². The minimum atomic E-state index is -1.17. The first-order valence-corrected chi connectivity index (χ1v) is 5.25. The number of aliphatic hydroxyl groups is 1. The van der Waals surface area contributed by atoms with Crippen molar-refractivity contribution < 1.29 is 13.9 Å². The molecular formula is C13H14FNO2. The number of hydrogen-bond acceptors (Lipinski definition) is 3. The first kappa shape index (κ1) is 11.7. The van der Waals surface area contributed by atoms with Crippen LogP contribution in [0, 0.1) is 5.82 Å². The Bertz CT molecular complexity index is 527. The van der Waals surface area contributed by atoms with Gasteiger partial charge in [0.2, 0.25) is 0 Å². The van der Waals surface area contributed by atoms with Gasteiger partial charge in [-0.2, -0.15) is 0 Å². The normalized spacial score (nSPS) is 11.8. The lowest BCUT2D eigenvalue weighted by Crippen LogP contribution is -2.18. The molecule has 0 amide bonds. The van der Waals surface area contributed by atoms with Gasteiger partial charge >= 0.3 is 0 Å². The van der Waals surface area contributed by atoms with Crippen LogP contribution in [0.5, 0.6) is 0 Å². The molecule has 17 heavy (non-hydrogen) atoms. The van der Waals surface area contributed by atoms with Crippen molar-refractivity contribution in [3.8, 4) is 11.3 Å². The molecule has 0 spiro atoms. The molecule has 0 unspecified atom stereocenters. The van der Waals surface area contributed by atoms with Crippen LogP contribution in [0.1, 0.15) is 19.4 Å². The predicted octanol–water partition coefficient (Wildman–Crippen LogP) is 2.90. The summed E-state index contributed by atoms with van der Waals surface area (Å²) in [6.07, 6.45) is 1.47. The topological polar surface area (TPSA) is 59.4 Å². The van der Waals surface area contributed by atoms with Crippen molar-refractivity contribution in [1.82, 2.24) is 0 Å². The van der Waals surface area contributed by atoms with Gasteiger partial charge in [0.15, 0.2) is 0 Å². The second-order valence-electron chi connectivity index (χ2n) is 4.46. The highest BCUT2D eigenvalue weighted by Gasteiger charge is 2.22. The van der Waals surface area contributed by atoms with Gasteiger partial charge in [-0.15, -0.1) is 0 Å². The second kappa shape index (κ2) is 3.89. The van der Waals surface area contributed by atoms with Gasteiger partial charge < -0.3 is 15.3 Å². The van der Waals surface area contributed by atoms with Crippen LogP contribution in [0.15, 0.2) is 34.9 Å². The molecule has 4 heteroatoms. The molecule has 3 nitrogen and oxygen atoms in total. The summed E-state index contributed by atoms with van der Waals surface area (Å²) in [6.45, 7) is 3.12. The predicted molar refractivity (Wildman–Crippen MR) is 63.8 cm³/mol. The lowest BCUT2D eigenvalue weighted by atomic mass is 9.94. The summed E-state index contributed by atoms with van der Waals surface area (Å²) in [5.74, 6) is -0.0530. The van der Waals surface area contributed by atoms with Crippen LogP contribution in [0.4, 0.5) is 10.1 Å². The van der Waals surface area contributed by atoms with E-state index in [1.165, 1.54) is 18.4 Å². The van der Waals surface area contributed by atoms with Gasteiger partial charge in [0.05, 0.1) is 17.4 Å². The van der Waals surface area contributed by atoms with Gasteiger partial charge in [-0.3, -0.25) is 0 Å². The molecule has 0 saturated heterocycles. The second-order valence-corrected chi connectivity index (χ2v) is 4.46. The summed E-state index contributed by atoms with van der Waals surface area (Å²) >= 11 is 0. The monoisotopic (exact) mass is 235 g/mol. The zero-order valence-corrected chi connectivity index (χ0v) is 9.70. The Hall–Kier alpha value is -1.81. The maximum absolute atomic E-state index is 13.9. The molecule has 1 heterocycles. The van der Waals surface area contributed by atoms with Gasteiger partial charge in [-0.1, -0.05) is 0 Å². The zero-order chi connectivity index (χ0) is 12.6. The van der Waals surface area contributed by atoms with Crippen LogP contribution < -0.4 is 5.73 Å². The number of hydrogen-bond donors (Lipinski definition) is 2. The fourth-order valence-corrected chi connectivity index (χ4v) is 1.74. The maximum Gasteiger partial charge on any atom is 0.136 e. The van der Waals surface area contributed by atoms with E-state index in [9.17, 15) is 9.50 Å². The molecule has 0 saturated carbocycles. The molecule has 0 fully saturated rings. The quantitative estimate of drug-likeness (QED) is 0.787. The molecule has 0 aliphatic rings. The van der Waals surface area contributed by atoms with Gasteiger partial charge in [0.1, 0.15) is 11.6 Å². The Labute approximate surface area is 98.7 Å². The molecule has 0 radical (unpaired) electrons. The van der Waals surface area contributed by atoms with E-state index in [2.05, 4.69) is 0 Å². The van der Waals surface area contributed by atoms with Crippen molar-refractivity contribution in [2.75, 3.05) is 5.73 Å². The van der Waals surface area contributed by atoms with Crippen LogP contribution in [0.2, 0.25) is 0 Å². The van der Waals surface area contributed by atoms with Crippen LogP contribution in [-0.4, -0.2) is 5.11 Å². The van der Waals surface area contributed by atoms with E-state index >= 15 is 0 Å². The Kier molecular flexibility index (Phi) is 2.67. The molecule has 2 rings (SSSR count). The molecule has 0 atom stereocenters. The SMILES string of the molecule is CC(C)(O)c1cc(F)c(-c2ccco2)cc1N. The smallest absolute Gasteiger partial charge is 0.136 e. The summed E-state index contributed by atoms with van der Waals surface area (Å²) in [6, 6.07) is 6.05. The number of anilines is 1. The number of furan rings is 1. The molecule has 1 aromatic carbocycles. The third-order valence-corrected chi connectivity index (χ3v) is 2.58. The largest absolute Gasteiger partial charge is 0.464 e. The van der Waals surface area contributed by atoms with Crippen molar-refractivity contribution in [3.05, 3.63) is 41.9 Å². The van der Waals surface area contributed by atoms with Crippen molar-refractivity contribution in [3.63, 3.8) is 0 Å². The molecule has 90 valence electrons. The van der Waals surface area contributed by atoms with Gasteiger partial charge in [-0.05, 0) is 38.1 Å². The number of nitrogen functional groups attached to an aromatic ring is 1. The van der Waals surface area contributed by atoms with Crippen LogP contribution >= 0.6 is 0 Å². The van der Waals surface area contributed by atoms with Crippen LogP contribution in [-0.2, 0) is 5.60 Å². The van der Waals surface area contributed by atoms with Crippen molar-refractivity contribution in [2.45, 2.75) is 19.4 Å². The molecule has 1 aromatic heterocycles. The van der Waals surface area contributed by atoms with Gasteiger partial charge in [-0.25, -0.2) is 4.39 Å². The van der Waals surface area contributed by atoms with E-state index in [-0.39, 0.29) is 0 Å². The van der Waals surface area contributed by atoms with E-state index in [0.29, 0.717) is 22.6 Å². The van der Waals surface area contributed by atoms with Crippen LogP contribution in [0.25, 0.3) is 11.3 Å². The Morgan fingerprint density at radius 2 is 2.06 bits per heavy atom. The fourth-order valence-electron chi connectivity index (χ4n) is 1.74. The molecule has 0 bridgehead atoms. The number of benzene rings is 1. The molecular weight excluding hydrogens is 221 g/mol. The number of halogens is 1. The van der Waals surface area contributed by atoms with Crippen LogP contribution in [0.3, 0.4) is 0 Å². The van der Waals surface area contributed by atoms with Crippen molar-refractivity contribution in [2.24, 2.45) is 0 Å². The highest BCUT2D eigenvalue weighted by atomic mass is 19.1. The number of rotatable bonds is 2. The zero-order valence-electron chi connectivity index (χ0n) is 9.70. The summed E-state index contributed by atoms with van der Waals surface area (Å²) in [4.78, 5) is 0. The molecule has 0 aliphatic carbocycles. The third kappa shape index (κ3) is 2.17. The molecule has 0 aliphatic heterocycles. The van der Waals surface area contributed by atoms with Gasteiger partial charge in [0.25, 0.3) is 0 Å². The first-order valence-electron chi connectivity index (χ1n) is 5.25. The highest BCUT2D eigenvalue weighted by Crippen LogP contribution is 2.32. The Morgan fingerprint density at radius 1 is 1.35 bits per heavy atom. The lowest BCUT2D eigenvalue weighted by Gasteiger charge is -2.20. The van der Waals surface area contributed by atoms with E-state index in [4.69, 9.17) is 10.2 Å². The fraction of sp³-hybridized carbons (Fsp3) is 0.231. The van der Waals surface area contributed by atoms with E-state index in [0.717, 1.165) is 0 Å². The van der Waals surface area contributed by atoms with Crippen molar-refractivity contribution >= 4 is 5.69 Å². The minimum Gasteiger partial charge on any atom is -0.464 e. The summed E-state index contributed by atoms with van der Waals surface area (Å²) in [7, 11) is 0. The average molecular weight is 235 g/mol. The van der Waals surface area contributed by atoms with E-state index in [1.54, 1.807) is 26.0 Å². The molecule has 2 aromatic rings. The highest BCUT2D eigenvalue weighted by molar-refractivity contribution is 5.66. The van der Waals surface area contributed by atoms with Crippen molar-refractivity contribution in [1.29, 1.82) is 0 Å². The summed E-state index contributed by atoms with van der Waals surface area (Å²) < 4.78 is 19.0. The van der Waals surface area contributed by atoms with E-state index in [1.807, 2.05) is 0 Å². The summed E-state index contributed by atoms with van der Waals surface area (Å²) in [5, 5.41) is 9.85. The third-order valence-electron chi connectivity index (χ3n) is 2.58. The minimum absolute atomic E-state index is 0.292. The average Bonchev–Trinajstić information content (AvgIpc) is 2.72. The van der Waals surface area contributed by atoms with E-state index < -0.39 is 11.4 Å². The number of nitrogens with two attached hydrogens (primary N) is 1. The Morgan fingerprint density at radius 3 is 2.59 bits per heavy atom. The summed E-state index contributed by atoms with van der Waals surface area (Å²) in [5.41, 5.74) is 5.64. The Balaban J connectivity index is 2.57. The maximum atomic E-state index is 13.9.